The fourth-order valence-electron chi connectivity index (χ4n) is 4.08. The van der Waals surface area contributed by atoms with E-state index >= 15 is 0 Å². The van der Waals surface area contributed by atoms with E-state index < -0.39 is 20.7 Å². The zero-order chi connectivity index (χ0) is 23.3. The average Bonchev–Trinajstić information content (AvgIpc) is 3.16. The van der Waals surface area contributed by atoms with Crippen molar-refractivity contribution in [3.05, 3.63) is 72.2 Å². The number of rotatable bonds is 4. The van der Waals surface area contributed by atoms with E-state index in [0.29, 0.717) is 41.1 Å². The summed E-state index contributed by atoms with van der Waals surface area (Å²) < 4.78 is 44.4. The summed E-state index contributed by atoms with van der Waals surface area (Å²) in [4.78, 5) is 18.7. The van der Waals surface area contributed by atoms with Gasteiger partial charge >= 0.3 is 6.03 Å². The molecule has 0 unspecified atom stereocenters. The Hall–Kier alpha value is -3.76. The van der Waals surface area contributed by atoms with Crippen molar-refractivity contribution < 1.29 is 22.3 Å². The first kappa shape index (κ1) is 21.1. The number of hydrogen-bond donors (Lipinski definition) is 1. The van der Waals surface area contributed by atoms with E-state index in [9.17, 15) is 17.6 Å². The van der Waals surface area contributed by atoms with Crippen molar-refractivity contribution in [1.82, 2.24) is 9.55 Å². The van der Waals surface area contributed by atoms with Crippen LogP contribution in [0.5, 0.6) is 5.88 Å². The van der Waals surface area contributed by atoms with Gasteiger partial charge in [0.2, 0.25) is 15.9 Å². The van der Waals surface area contributed by atoms with Gasteiger partial charge in [-0.05, 0) is 36.4 Å². The second kappa shape index (κ2) is 7.68. The minimum Gasteiger partial charge on any atom is -0.481 e. The summed E-state index contributed by atoms with van der Waals surface area (Å²) >= 11 is 0. The standard InChI is InChI=1S/C23H19FN4O4S/c1-32-22-4-2-3-19(26-22)14-5-7-16(8-6-14)27-10-9-17-11-15-12-18(24)21(33(25,30)31)13-20(15)28(17)23(27)29/h2-8,11-13H,9-10H2,1H3,(H2,25,30,31). The number of aromatic nitrogens is 2. The summed E-state index contributed by atoms with van der Waals surface area (Å²) in [5, 5.41) is 5.58. The Morgan fingerprint density at radius 3 is 2.55 bits per heavy atom. The highest BCUT2D eigenvalue weighted by molar-refractivity contribution is 7.89. The van der Waals surface area contributed by atoms with Crippen molar-refractivity contribution in [2.75, 3.05) is 18.6 Å². The first-order valence-corrected chi connectivity index (χ1v) is 11.6. The van der Waals surface area contributed by atoms with Gasteiger partial charge in [-0.25, -0.2) is 27.7 Å². The molecule has 0 spiro atoms. The lowest BCUT2D eigenvalue weighted by molar-refractivity contribution is 0.246. The predicted octanol–water partition coefficient (Wildman–Crippen LogP) is 3.53. The van der Waals surface area contributed by atoms with Gasteiger partial charge in [0, 0.05) is 41.4 Å². The van der Waals surface area contributed by atoms with Crippen molar-refractivity contribution in [3.63, 3.8) is 0 Å². The molecule has 1 amide bonds. The smallest absolute Gasteiger partial charge is 0.333 e. The van der Waals surface area contributed by atoms with Gasteiger partial charge in [-0.3, -0.25) is 9.47 Å². The molecule has 168 valence electrons. The van der Waals surface area contributed by atoms with Gasteiger partial charge in [-0.15, -0.1) is 0 Å². The van der Waals surface area contributed by atoms with E-state index in [-0.39, 0.29) is 6.03 Å². The molecule has 10 heteroatoms. The lowest BCUT2D eigenvalue weighted by Crippen LogP contribution is -2.41. The molecular formula is C23H19FN4O4S. The number of sulfonamides is 1. The second-order valence-corrected chi connectivity index (χ2v) is 9.18. The number of amides is 1. The number of carbonyl (C=O) groups is 1. The molecule has 4 aromatic rings. The summed E-state index contributed by atoms with van der Waals surface area (Å²) in [6, 6.07) is 16.4. The number of ether oxygens (including phenoxy) is 1. The molecule has 0 atom stereocenters. The summed E-state index contributed by atoms with van der Waals surface area (Å²) in [5.41, 5.74) is 3.24. The molecule has 0 saturated heterocycles. The number of benzene rings is 2. The molecule has 0 bridgehead atoms. The monoisotopic (exact) mass is 466 g/mol. The molecule has 2 aromatic heterocycles. The number of methoxy groups -OCH3 is 1. The molecule has 0 aliphatic carbocycles. The Morgan fingerprint density at radius 2 is 1.85 bits per heavy atom. The summed E-state index contributed by atoms with van der Waals surface area (Å²) in [6.07, 6.45) is 0.520. The molecule has 0 radical (unpaired) electrons. The van der Waals surface area contributed by atoms with Crippen LogP contribution in [0.1, 0.15) is 5.69 Å². The van der Waals surface area contributed by atoms with Crippen LogP contribution < -0.4 is 14.8 Å². The third-order valence-electron chi connectivity index (χ3n) is 5.66. The van der Waals surface area contributed by atoms with E-state index in [0.717, 1.165) is 23.4 Å². The third-order valence-corrected chi connectivity index (χ3v) is 6.59. The van der Waals surface area contributed by atoms with Crippen LogP contribution in [0.25, 0.3) is 22.2 Å². The first-order chi connectivity index (χ1) is 15.8. The van der Waals surface area contributed by atoms with Gasteiger partial charge in [0.15, 0.2) is 0 Å². The average molecular weight is 466 g/mol. The zero-order valence-corrected chi connectivity index (χ0v) is 18.3. The fraction of sp³-hybridized carbons (Fsp3) is 0.130. The molecule has 8 nitrogen and oxygen atoms in total. The van der Waals surface area contributed by atoms with Crippen molar-refractivity contribution in [2.45, 2.75) is 11.3 Å². The lowest BCUT2D eigenvalue weighted by Gasteiger charge is -2.29. The number of nitrogens with two attached hydrogens (primary N) is 1. The minimum absolute atomic E-state index is 0.294. The highest BCUT2D eigenvalue weighted by Crippen LogP contribution is 2.31. The van der Waals surface area contributed by atoms with E-state index in [2.05, 4.69) is 4.98 Å². The van der Waals surface area contributed by atoms with E-state index in [1.54, 1.807) is 24.1 Å². The summed E-state index contributed by atoms with van der Waals surface area (Å²) in [7, 11) is -2.72. The Labute approximate surface area is 189 Å². The number of primary sulfonamides is 1. The maximum absolute atomic E-state index is 14.3. The summed E-state index contributed by atoms with van der Waals surface area (Å²) in [5.74, 6) is -0.441. The quantitative estimate of drug-likeness (QED) is 0.495. The zero-order valence-electron chi connectivity index (χ0n) is 17.5. The number of pyridine rings is 1. The molecule has 5 rings (SSSR count). The topological polar surface area (TPSA) is 108 Å². The Kier molecular flexibility index (Phi) is 4.91. The Bertz CT molecular complexity index is 1510. The number of hydrogen-bond acceptors (Lipinski definition) is 5. The number of carbonyl (C=O) groups excluding carboxylic acids is 1. The minimum atomic E-state index is -4.28. The highest BCUT2D eigenvalue weighted by Gasteiger charge is 2.28. The van der Waals surface area contributed by atoms with Crippen LogP contribution in [0.2, 0.25) is 0 Å². The lowest BCUT2D eigenvalue weighted by atomic mass is 10.1. The Balaban J connectivity index is 1.52. The van der Waals surface area contributed by atoms with Crippen LogP contribution in [0.3, 0.4) is 0 Å². The van der Waals surface area contributed by atoms with Crippen LogP contribution in [-0.4, -0.2) is 37.7 Å². The number of halogens is 1. The molecule has 2 aromatic carbocycles. The van der Waals surface area contributed by atoms with Crippen molar-refractivity contribution in [2.24, 2.45) is 5.14 Å². The van der Waals surface area contributed by atoms with Crippen molar-refractivity contribution >= 4 is 32.6 Å². The Morgan fingerprint density at radius 1 is 1.09 bits per heavy atom. The van der Waals surface area contributed by atoms with Gasteiger partial charge in [0.1, 0.15) is 10.7 Å². The van der Waals surface area contributed by atoms with Gasteiger partial charge in [-0.2, -0.15) is 0 Å². The first-order valence-electron chi connectivity index (χ1n) is 10.1. The largest absolute Gasteiger partial charge is 0.481 e. The molecule has 0 saturated carbocycles. The maximum atomic E-state index is 14.3. The predicted molar refractivity (Wildman–Crippen MR) is 121 cm³/mol. The third kappa shape index (κ3) is 3.62. The number of anilines is 1. The van der Waals surface area contributed by atoms with Crippen molar-refractivity contribution in [1.29, 1.82) is 0 Å². The molecule has 1 aliphatic rings. The van der Waals surface area contributed by atoms with Crippen LogP contribution in [0.15, 0.2) is 65.6 Å². The van der Waals surface area contributed by atoms with Crippen LogP contribution in [-0.2, 0) is 16.4 Å². The van der Waals surface area contributed by atoms with Gasteiger partial charge in [-0.1, -0.05) is 18.2 Å². The maximum Gasteiger partial charge on any atom is 0.333 e. The fourth-order valence-corrected chi connectivity index (χ4v) is 4.68. The molecular weight excluding hydrogens is 447 g/mol. The van der Waals surface area contributed by atoms with Gasteiger partial charge in [0.25, 0.3) is 0 Å². The van der Waals surface area contributed by atoms with Crippen LogP contribution >= 0.6 is 0 Å². The van der Waals surface area contributed by atoms with Gasteiger partial charge in [0.05, 0.1) is 18.3 Å². The normalized spacial score (nSPS) is 13.9. The van der Waals surface area contributed by atoms with E-state index in [1.807, 2.05) is 36.4 Å². The van der Waals surface area contributed by atoms with E-state index in [4.69, 9.17) is 9.88 Å². The number of nitrogens with zero attached hydrogens (tertiary/aromatic N) is 3. The molecule has 1 aliphatic heterocycles. The van der Waals surface area contributed by atoms with Crippen molar-refractivity contribution in [3.8, 4) is 17.1 Å². The highest BCUT2D eigenvalue weighted by atomic mass is 32.2. The second-order valence-electron chi connectivity index (χ2n) is 7.65. The van der Waals surface area contributed by atoms with Gasteiger partial charge < -0.3 is 4.74 Å². The molecule has 0 fully saturated rings. The van der Waals surface area contributed by atoms with Crippen LogP contribution in [0.4, 0.5) is 14.9 Å². The van der Waals surface area contributed by atoms with Crippen LogP contribution in [0, 0.1) is 5.82 Å². The summed E-state index contributed by atoms with van der Waals surface area (Å²) in [6.45, 7) is 0.427. The molecule has 2 N–H and O–H groups in total. The van der Waals surface area contributed by atoms with E-state index in [1.165, 1.54) is 4.57 Å². The molecule has 3 heterocycles. The number of fused-ring (bicyclic) bond motifs is 3. The molecule has 33 heavy (non-hydrogen) atoms. The SMILES string of the molecule is COc1cccc(-c2ccc(N3CCc4cc5cc(F)c(S(N)(=O)=O)cc5n4C3=O)cc2)n1.